The van der Waals surface area contributed by atoms with Crippen LogP contribution in [0.3, 0.4) is 0 Å². The van der Waals surface area contributed by atoms with Crippen LogP contribution in [0.2, 0.25) is 0 Å². The van der Waals surface area contributed by atoms with Gasteiger partial charge < -0.3 is 14.8 Å². The molecular weight excluding hydrogens is 373 g/mol. The van der Waals surface area contributed by atoms with Crippen LogP contribution >= 0.6 is 0 Å². The minimum absolute atomic E-state index is 0.0720. The first-order valence-electron chi connectivity index (χ1n) is 9.93. The van der Waals surface area contributed by atoms with Crippen molar-refractivity contribution in [1.82, 2.24) is 19.9 Å². The Kier molecular flexibility index (Phi) is 4.60. The predicted molar refractivity (Wildman–Crippen MR) is 108 cm³/mol. The lowest BCUT2D eigenvalue weighted by atomic mass is 9.94. The molecule has 8 heteroatoms. The van der Waals surface area contributed by atoms with E-state index in [1.165, 1.54) is 12.1 Å². The lowest BCUT2D eigenvalue weighted by Crippen LogP contribution is -2.54. The van der Waals surface area contributed by atoms with Crippen molar-refractivity contribution in [1.29, 1.82) is 0 Å². The fourth-order valence-corrected chi connectivity index (χ4v) is 4.33. The minimum atomic E-state index is -0.294. The zero-order valence-corrected chi connectivity index (χ0v) is 16.5. The summed E-state index contributed by atoms with van der Waals surface area (Å²) in [6.45, 7) is 4.93. The van der Waals surface area contributed by atoms with Gasteiger partial charge in [-0.2, -0.15) is 15.0 Å². The molecule has 1 saturated heterocycles. The molecule has 0 aliphatic carbocycles. The molecule has 1 fully saturated rings. The van der Waals surface area contributed by atoms with Gasteiger partial charge in [0.15, 0.2) is 0 Å². The molecule has 0 spiro atoms. The molecule has 2 aromatic carbocycles. The number of halogens is 1. The number of hydrogen-bond acceptors (Lipinski definition) is 6. The van der Waals surface area contributed by atoms with Gasteiger partial charge in [0, 0.05) is 31.8 Å². The maximum absolute atomic E-state index is 13.8. The number of anilines is 1. The van der Waals surface area contributed by atoms with Crippen LogP contribution in [0.1, 0.15) is 18.5 Å². The minimum Gasteiger partial charge on any atom is -0.491 e. The molecule has 1 N–H and O–H groups in total. The summed E-state index contributed by atoms with van der Waals surface area (Å²) < 4.78 is 25.5. The van der Waals surface area contributed by atoms with Crippen molar-refractivity contribution in [3.05, 3.63) is 47.8 Å². The number of aryl methyl sites for hydroxylation is 1. The quantitative estimate of drug-likeness (QED) is 0.733. The first-order chi connectivity index (χ1) is 14.1. The summed E-state index contributed by atoms with van der Waals surface area (Å²) in [5.74, 6) is 0.295. The predicted octanol–water partition coefficient (Wildman–Crippen LogP) is 2.74. The van der Waals surface area contributed by atoms with E-state index in [9.17, 15) is 4.39 Å². The second-order valence-electron chi connectivity index (χ2n) is 7.72. The molecule has 1 aromatic heterocycles. The Morgan fingerprint density at radius 1 is 1.21 bits per heavy atom. The van der Waals surface area contributed by atoms with E-state index in [1.54, 1.807) is 4.80 Å². The number of hydrogen-bond donors (Lipinski definition) is 1. The first-order valence-corrected chi connectivity index (χ1v) is 9.93. The van der Waals surface area contributed by atoms with Crippen molar-refractivity contribution in [2.45, 2.75) is 25.1 Å². The number of benzene rings is 2. The third-order valence-corrected chi connectivity index (χ3v) is 5.67. The van der Waals surface area contributed by atoms with E-state index in [4.69, 9.17) is 9.47 Å². The second kappa shape index (κ2) is 7.27. The van der Waals surface area contributed by atoms with E-state index in [2.05, 4.69) is 27.3 Å². The average Bonchev–Trinajstić information content (AvgIpc) is 3.09. The molecule has 5 rings (SSSR count). The SMILES string of the molecule is CC1CN(C2COc3cc(F)ccc3C2Nc2cccc3nn(C)nc23)CCO1. The van der Waals surface area contributed by atoms with Crippen LogP contribution in [0, 0.1) is 5.82 Å². The molecule has 3 unspecified atom stereocenters. The highest BCUT2D eigenvalue weighted by atomic mass is 19.1. The van der Waals surface area contributed by atoms with Gasteiger partial charge in [0.25, 0.3) is 0 Å². The molecule has 0 saturated carbocycles. The van der Waals surface area contributed by atoms with Crippen LogP contribution in [-0.2, 0) is 11.8 Å². The van der Waals surface area contributed by atoms with Crippen LogP contribution in [0.25, 0.3) is 11.0 Å². The Bertz CT molecular complexity index is 1040. The van der Waals surface area contributed by atoms with E-state index in [0.717, 1.165) is 35.4 Å². The summed E-state index contributed by atoms with van der Waals surface area (Å²) in [5.41, 5.74) is 3.51. The fraction of sp³-hybridized carbons (Fsp3) is 0.429. The molecule has 0 bridgehead atoms. The molecule has 3 heterocycles. The van der Waals surface area contributed by atoms with Gasteiger partial charge in [0.1, 0.15) is 29.2 Å². The third kappa shape index (κ3) is 3.42. The largest absolute Gasteiger partial charge is 0.491 e. The van der Waals surface area contributed by atoms with Crippen molar-refractivity contribution < 1.29 is 13.9 Å². The number of aromatic nitrogens is 3. The lowest BCUT2D eigenvalue weighted by molar-refractivity contribution is -0.0465. The number of rotatable bonds is 3. The Morgan fingerprint density at radius 2 is 2.10 bits per heavy atom. The molecule has 0 amide bonds. The van der Waals surface area contributed by atoms with Gasteiger partial charge in [-0.15, -0.1) is 0 Å². The highest BCUT2D eigenvalue weighted by molar-refractivity contribution is 5.87. The van der Waals surface area contributed by atoms with Gasteiger partial charge in [0.2, 0.25) is 0 Å². The van der Waals surface area contributed by atoms with Gasteiger partial charge >= 0.3 is 0 Å². The molecule has 0 radical (unpaired) electrons. The summed E-state index contributed by atoms with van der Waals surface area (Å²) >= 11 is 0. The third-order valence-electron chi connectivity index (χ3n) is 5.67. The number of morpholine rings is 1. The van der Waals surface area contributed by atoms with Gasteiger partial charge in [-0.3, -0.25) is 4.90 Å². The van der Waals surface area contributed by atoms with Crippen LogP contribution in [0.4, 0.5) is 10.1 Å². The highest BCUT2D eigenvalue weighted by Crippen LogP contribution is 2.38. The Balaban J connectivity index is 1.55. The molecule has 7 nitrogen and oxygen atoms in total. The van der Waals surface area contributed by atoms with Crippen LogP contribution < -0.4 is 10.1 Å². The van der Waals surface area contributed by atoms with Crippen molar-refractivity contribution in [3.8, 4) is 5.75 Å². The zero-order chi connectivity index (χ0) is 20.0. The molecule has 2 aliphatic rings. The van der Waals surface area contributed by atoms with E-state index in [-0.39, 0.29) is 24.0 Å². The van der Waals surface area contributed by atoms with E-state index in [1.807, 2.05) is 31.3 Å². The van der Waals surface area contributed by atoms with Crippen molar-refractivity contribution in [2.24, 2.45) is 7.05 Å². The van der Waals surface area contributed by atoms with Gasteiger partial charge in [0.05, 0.1) is 30.5 Å². The Hall–Kier alpha value is -2.71. The molecular formula is C21H24FN5O2. The van der Waals surface area contributed by atoms with Crippen molar-refractivity contribution in [3.63, 3.8) is 0 Å². The van der Waals surface area contributed by atoms with Crippen LogP contribution in [-0.4, -0.2) is 58.3 Å². The number of ether oxygens (including phenoxy) is 2. The zero-order valence-electron chi connectivity index (χ0n) is 16.5. The average molecular weight is 397 g/mol. The second-order valence-corrected chi connectivity index (χ2v) is 7.72. The maximum atomic E-state index is 13.8. The maximum Gasteiger partial charge on any atom is 0.136 e. The van der Waals surface area contributed by atoms with Gasteiger partial charge in [-0.25, -0.2) is 4.39 Å². The molecule has 2 aliphatic heterocycles. The highest BCUT2D eigenvalue weighted by Gasteiger charge is 2.37. The van der Waals surface area contributed by atoms with Gasteiger partial charge in [-0.05, 0) is 25.1 Å². The Labute approximate surface area is 168 Å². The summed E-state index contributed by atoms with van der Waals surface area (Å²) in [6.07, 6.45) is 0.169. The van der Waals surface area contributed by atoms with E-state index in [0.29, 0.717) is 19.0 Å². The number of fused-ring (bicyclic) bond motifs is 2. The normalized spacial score (nSPS) is 24.9. The number of nitrogens with zero attached hydrogens (tertiary/aromatic N) is 4. The van der Waals surface area contributed by atoms with E-state index >= 15 is 0 Å². The first kappa shape index (κ1) is 18.3. The van der Waals surface area contributed by atoms with Gasteiger partial charge in [-0.1, -0.05) is 12.1 Å². The molecule has 152 valence electrons. The summed E-state index contributed by atoms with van der Waals surface area (Å²) in [7, 11) is 1.81. The lowest BCUT2D eigenvalue weighted by Gasteiger charge is -2.44. The van der Waals surface area contributed by atoms with Crippen LogP contribution in [0.5, 0.6) is 5.75 Å². The van der Waals surface area contributed by atoms with E-state index < -0.39 is 0 Å². The van der Waals surface area contributed by atoms with Crippen molar-refractivity contribution >= 4 is 16.7 Å². The summed E-state index contributed by atoms with van der Waals surface area (Å²) in [5, 5.41) is 12.6. The smallest absolute Gasteiger partial charge is 0.136 e. The monoisotopic (exact) mass is 397 g/mol. The Morgan fingerprint density at radius 3 is 2.97 bits per heavy atom. The topological polar surface area (TPSA) is 64.4 Å². The fourth-order valence-electron chi connectivity index (χ4n) is 4.33. The molecule has 29 heavy (non-hydrogen) atoms. The summed E-state index contributed by atoms with van der Waals surface area (Å²) in [6, 6.07) is 10.7. The summed E-state index contributed by atoms with van der Waals surface area (Å²) in [4.78, 5) is 3.97. The number of nitrogens with one attached hydrogen (secondary N) is 1. The van der Waals surface area contributed by atoms with Crippen LogP contribution in [0.15, 0.2) is 36.4 Å². The molecule has 3 aromatic rings. The molecule has 3 atom stereocenters. The standard InChI is InChI=1S/C21H24FN5O2/c1-13-11-27(8-9-28-13)18-12-29-19-10-14(22)6-7-15(19)20(18)23-16-4-3-5-17-21(16)25-26(2)24-17/h3-7,10,13,18,20,23H,8-9,11-12H2,1-2H3. The van der Waals surface area contributed by atoms with Crippen molar-refractivity contribution in [2.75, 3.05) is 31.6 Å².